The van der Waals surface area contributed by atoms with Crippen molar-refractivity contribution < 1.29 is 18.6 Å². The van der Waals surface area contributed by atoms with E-state index in [0.29, 0.717) is 5.75 Å². The summed E-state index contributed by atoms with van der Waals surface area (Å²) in [5, 5.41) is 9.06. The fourth-order valence-corrected chi connectivity index (χ4v) is 1.36. The van der Waals surface area contributed by atoms with Crippen molar-refractivity contribution in [3.8, 4) is 11.5 Å². The zero-order chi connectivity index (χ0) is 12.3. The smallest absolute Gasteiger partial charge is 0.130 e. The second-order valence-electron chi connectivity index (χ2n) is 3.52. The summed E-state index contributed by atoms with van der Waals surface area (Å²) in [6.45, 7) is -0.0611. The second-order valence-corrected chi connectivity index (χ2v) is 3.52. The zero-order valence-electron chi connectivity index (χ0n) is 8.86. The third-order valence-electron chi connectivity index (χ3n) is 2.24. The predicted molar refractivity (Wildman–Crippen MR) is 58.8 cm³/mol. The van der Waals surface area contributed by atoms with Crippen LogP contribution >= 0.6 is 0 Å². The monoisotopic (exact) mass is 236 g/mol. The Hall–Kier alpha value is -2.10. The van der Waals surface area contributed by atoms with Gasteiger partial charge in [-0.05, 0) is 42.5 Å². The van der Waals surface area contributed by atoms with E-state index in [9.17, 15) is 8.78 Å². The molecule has 0 aliphatic rings. The lowest BCUT2D eigenvalue weighted by Gasteiger charge is -2.07. The summed E-state index contributed by atoms with van der Waals surface area (Å²) in [5.74, 6) is -0.415. The fourth-order valence-electron chi connectivity index (χ4n) is 1.36. The predicted octanol–water partition coefficient (Wildman–Crippen LogP) is 3.25. The number of phenolic OH excluding ortho intramolecular Hbond substituents is 1. The number of rotatable bonds is 3. The maximum absolute atomic E-state index is 13.2. The summed E-state index contributed by atoms with van der Waals surface area (Å²) >= 11 is 0. The van der Waals surface area contributed by atoms with Gasteiger partial charge < -0.3 is 9.84 Å². The number of aromatic hydroxyl groups is 1. The largest absolute Gasteiger partial charge is 0.508 e. The Labute approximate surface area is 97.1 Å². The summed E-state index contributed by atoms with van der Waals surface area (Å²) in [6.07, 6.45) is 0. The number of benzene rings is 2. The minimum Gasteiger partial charge on any atom is -0.508 e. The van der Waals surface area contributed by atoms with Crippen LogP contribution in [0.25, 0.3) is 0 Å². The van der Waals surface area contributed by atoms with Gasteiger partial charge in [-0.25, -0.2) is 8.78 Å². The van der Waals surface area contributed by atoms with E-state index < -0.39 is 11.6 Å². The average molecular weight is 236 g/mol. The number of halogens is 2. The highest BCUT2D eigenvalue weighted by Gasteiger charge is 2.04. The Morgan fingerprint density at radius 2 is 1.71 bits per heavy atom. The van der Waals surface area contributed by atoms with Gasteiger partial charge in [0.05, 0.1) is 0 Å². The highest BCUT2D eigenvalue weighted by atomic mass is 19.1. The molecule has 2 aromatic carbocycles. The van der Waals surface area contributed by atoms with E-state index in [1.165, 1.54) is 12.1 Å². The number of ether oxygens (including phenoxy) is 1. The molecule has 0 aliphatic carbocycles. The molecule has 0 saturated heterocycles. The van der Waals surface area contributed by atoms with Gasteiger partial charge in [0.1, 0.15) is 29.7 Å². The molecule has 0 bridgehead atoms. The Morgan fingerprint density at radius 1 is 1.00 bits per heavy atom. The first kappa shape index (κ1) is 11.4. The summed E-state index contributed by atoms with van der Waals surface area (Å²) in [7, 11) is 0. The SMILES string of the molecule is Oc1ccc(OCc2cc(F)ccc2F)cc1. The van der Waals surface area contributed by atoms with Crippen LogP contribution in [0.1, 0.15) is 5.56 Å². The van der Waals surface area contributed by atoms with Crippen LogP contribution in [0.15, 0.2) is 42.5 Å². The highest BCUT2D eigenvalue weighted by Crippen LogP contribution is 2.18. The molecule has 0 amide bonds. The van der Waals surface area contributed by atoms with E-state index in [-0.39, 0.29) is 17.9 Å². The van der Waals surface area contributed by atoms with E-state index in [2.05, 4.69) is 0 Å². The fraction of sp³-hybridized carbons (Fsp3) is 0.0769. The van der Waals surface area contributed by atoms with E-state index in [1.807, 2.05) is 0 Å². The summed E-state index contributed by atoms with van der Waals surface area (Å²) in [6, 6.07) is 9.22. The summed E-state index contributed by atoms with van der Waals surface area (Å²) in [5.41, 5.74) is 0.151. The lowest BCUT2D eigenvalue weighted by molar-refractivity contribution is 0.298. The molecule has 0 atom stereocenters. The van der Waals surface area contributed by atoms with Crippen LogP contribution in [0.3, 0.4) is 0 Å². The maximum Gasteiger partial charge on any atom is 0.130 e. The molecule has 1 N–H and O–H groups in total. The lowest BCUT2D eigenvalue weighted by atomic mass is 10.2. The molecule has 4 heteroatoms. The molecule has 2 aromatic rings. The quantitative estimate of drug-likeness (QED) is 0.886. The third-order valence-corrected chi connectivity index (χ3v) is 2.24. The first-order chi connectivity index (χ1) is 8.15. The van der Waals surface area contributed by atoms with Gasteiger partial charge in [0, 0.05) is 5.56 Å². The highest BCUT2D eigenvalue weighted by molar-refractivity contribution is 5.30. The number of phenols is 1. The van der Waals surface area contributed by atoms with Gasteiger partial charge in [-0.3, -0.25) is 0 Å². The molecule has 0 saturated carbocycles. The third kappa shape index (κ3) is 2.93. The summed E-state index contributed by atoms with van der Waals surface area (Å²) in [4.78, 5) is 0. The molecule has 2 nitrogen and oxygen atoms in total. The van der Waals surface area contributed by atoms with Crippen LogP contribution in [0.4, 0.5) is 8.78 Å². The zero-order valence-corrected chi connectivity index (χ0v) is 8.86. The first-order valence-corrected chi connectivity index (χ1v) is 5.01. The molecule has 2 rings (SSSR count). The van der Waals surface area contributed by atoms with Gasteiger partial charge in [-0.2, -0.15) is 0 Å². The maximum atomic E-state index is 13.2. The van der Waals surface area contributed by atoms with E-state index in [4.69, 9.17) is 9.84 Å². The van der Waals surface area contributed by atoms with Crippen molar-refractivity contribution in [2.75, 3.05) is 0 Å². The molecule has 88 valence electrons. The van der Waals surface area contributed by atoms with Crippen LogP contribution < -0.4 is 4.74 Å². The van der Waals surface area contributed by atoms with Crippen LogP contribution in [0, 0.1) is 11.6 Å². The van der Waals surface area contributed by atoms with E-state index in [0.717, 1.165) is 18.2 Å². The Morgan fingerprint density at radius 3 is 2.41 bits per heavy atom. The Kier molecular flexibility index (Phi) is 3.23. The van der Waals surface area contributed by atoms with Gasteiger partial charge in [0.25, 0.3) is 0 Å². The molecule has 0 radical (unpaired) electrons. The van der Waals surface area contributed by atoms with Crippen LogP contribution in [-0.4, -0.2) is 5.11 Å². The van der Waals surface area contributed by atoms with E-state index >= 15 is 0 Å². The van der Waals surface area contributed by atoms with Crippen molar-refractivity contribution in [3.63, 3.8) is 0 Å². The minimum absolute atomic E-state index is 0.0611. The molecule has 0 fully saturated rings. The van der Waals surface area contributed by atoms with Crippen molar-refractivity contribution in [1.29, 1.82) is 0 Å². The molecule has 0 aliphatic heterocycles. The van der Waals surface area contributed by atoms with Crippen LogP contribution in [0.5, 0.6) is 11.5 Å². The molecule has 0 spiro atoms. The van der Waals surface area contributed by atoms with Crippen molar-refractivity contribution >= 4 is 0 Å². The van der Waals surface area contributed by atoms with Gasteiger partial charge in [-0.15, -0.1) is 0 Å². The molecular weight excluding hydrogens is 226 g/mol. The standard InChI is InChI=1S/C13H10F2O2/c14-10-1-6-13(15)9(7-10)8-17-12-4-2-11(16)3-5-12/h1-7,16H,8H2. The average Bonchev–Trinajstić information content (AvgIpc) is 2.32. The van der Waals surface area contributed by atoms with Crippen molar-refractivity contribution in [1.82, 2.24) is 0 Å². The van der Waals surface area contributed by atoms with Gasteiger partial charge in [0.15, 0.2) is 0 Å². The molecule has 0 heterocycles. The minimum atomic E-state index is -0.509. The molecular formula is C13H10F2O2. The topological polar surface area (TPSA) is 29.5 Å². The first-order valence-electron chi connectivity index (χ1n) is 5.01. The molecule has 17 heavy (non-hydrogen) atoms. The number of hydrogen-bond donors (Lipinski definition) is 1. The second kappa shape index (κ2) is 4.82. The Bertz CT molecular complexity index is 509. The lowest BCUT2D eigenvalue weighted by Crippen LogP contribution is -1.99. The van der Waals surface area contributed by atoms with Crippen LogP contribution in [0.2, 0.25) is 0 Å². The van der Waals surface area contributed by atoms with Crippen molar-refractivity contribution in [2.45, 2.75) is 6.61 Å². The molecule has 0 aromatic heterocycles. The normalized spacial score (nSPS) is 10.2. The van der Waals surface area contributed by atoms with Gasteiger partial charge in [-0.1, -0.05) is 0 Å². The van der Waals surface area contributed by atoms with Gasteiger partial charge >= 0.3 is 0 Å². The Balaban J connectivity index is 2.07. The van der Waals surface area contributed by atoms with E-state index in [1.54, 1.807) is 12.1 Å². The van der Waals surface area contributed by atoms with Crippen molar-refractivity contribution in [2.24, 2.45) is 0 Å². The molecule has 0 unspecified atom stereocenters. The summed E-state index contributed by atoms with van der Waals surface area (Å²) < 4.78 is 31.4. The van der Waals surface area contributed by atoms with Gasteiger partial charge in [0.2, 0.25) is 0 Å². The number of hydrogen-bond acceptors (Lipinski definition) is 2. The van der Waals surface area contributed by atoms with Crippen LogP contribution in [-0.2, 0) is 6.61 Å². The van der Waals surface area contributed by atoms with Crippen molar-refractivity contribution in [3.05, 3.63) is 59.7 Å².